The first-order valence-corrected chi connectivity index (χ1v) is 8.75. The average Bonchev–Trinajstić information content (AvgIpc) is 2.63. The summed E-state index contributed by atoms with van der Waals surface area (Å²) in [5, 5.41) is 8.94. The van der Waals surface area contributed by atoms with Gasteiger partial charge in [-0.3, -0.25) is 14.6 Å². The quantitative estimate of drug-likeness (QED) is 0.865. The zero-order valence-corrected chi connectivity index (χ0v) is 14.7. The van der Waals surface area contributed by atoms with Gasteiger partial charge in [0.2, 0.25) is 0 Å². The molecular formula is C20H21F3N2O2. The molecule has 0 unspecified atom stereocenters. The smallest absolute Gasteiger partial charge is 0.416 e. The lowest BCUT2D eigenvalue weighted by Gasteiger charge is -2.39. The second kappa shape index (κ2) is 8.10. The third-order valence-corrected chi connectivity index (χ3v) is 4.78. The monoisotopic (exact) mass is 378 g/mol. The van der Waals surface area contributed by atoms with Gasteiger partial charge in [-0.1, -0.05) is 42.5 Å². The van der Waals surface area contributed by atoms with Crippen molar-refractivity contribution in [1.29, 1.82) is 0 Å². The highest BCUT2D eigenvalue weighted by atomic mass is 19.4. The SMILES string of the molecule is O=C(O)CN1CCN([C@H](c2ccccc2)c2cccc(C(F)(F)F)c2)CC1. The molecule has 144 valence electrons. The molecule has 1 N–H and O–H groups in total. The van der Waals surface area contributed by atoms with E-state index in [1.807, 2.05) is 35.2 Å². The maximum absolute atomic E-state index is 13.2. The first-order valence-electron chi connectivity index (χ1n) is 8.75. The number of carbonyl (C=O) groups is 1. The van der Waals surface area contributed by atoms with Crippen LogP contribution in [0.2, 0.25) is 0 Å². The Morgan fingerprint density at radius 2 is 1.59 bits per heavy atom. The van der Waals surface area contributed by atoms with E-state index in [9.17, 15) is 18.0 Å². The lowest BCUT2D eigenvalue weighted by atomic mass is 9.95. The van der Waals surface area contributed by atoms with Gasteiger partial charge in [-0.05, 0) is 23.3 Å². The summed E-state index contributed by atoms with van der Waals surface area (Å²) in [6.45, 7) is 2.28. The summed E-state index contributed by atoms with van der Waals surface area (Å²) in [4.78, 5) is 14.9. The van der Waals surface area contributed by atoms with E-state index >= 15 is 0 Å². The number of nitrogens with zero attached hydrogens (tertiary/aromatic N) is 2. The predicted molar refractivity (Wildman–Crippen MR) is 95.4 cm³/mol. The topological polar surface area (TPSA) is 43.8 Å². The van der Waals surface area contributed by atoms with Crippen molar-refractivity contribution in [3.8, 4) is 0 Å². The third-order valence-electron chi connectivity index (χ3n) is 4.78. The van der Waals surface area contributed by atoms with E-state index in [1.165, 1.54) is 12.1 Å². The van der Waals surface area contributed by atoms with Crippen LogP contribution in [0.3, 0.4) is 0 Å². The molecular weight excluding hydrogens is 357 g/mol. The molecule has 1 fully saturated rings. The number of hydrogen-bond donors (Lipinski definition) is 1. The minimum Gasteiger partial charge on any atom is -0.480 e. The number of halogens is 3. The molecule has 0 amide bonds. The normalized spacial score (nSPS) is 17.6. The highest BCUT2D eigenvalue weighted by molar-refractivity contribution is 5.69. The van der Waals surface area contributed by atoms with Gasteiger partial charge in [-0.15, -0.1) is 0 Å². The third kappa shape index (κ3) is 4.87. The van der Waals surface area contributed by atoms with Gasteiger partial charge in [0.05, 0.1) is 18.2 Å². The van der Waals surface area contributed by atoms with E-state index in [-0.39, 0.29) is 12.6 Å². The van der Waals surface area contributed by atoms with Crippen molar-refractivity contribution >= 4 is 5.97 Å². The summed E-state index contributed by atoms with van der Waals surface area (Å²) in [6.07, 6.45) is -4.39. The molecule has 1 saturated heterocycles. The van der Waals surface area contributed by atoms with Crippen molar-refractivity contribution < 1.29 is 23.1 Å². The molecule has 0 spiro atoms. The molecule has 1 aliphatic heterocycles. The molecule has 2 aromatic carbocycles. The fraction of sp³-hybridized carbons (Fsp3) is 0.350. The van der Waals surface area contributed by atoms with Gasteiger partial charge in [0.15, 0.2) is 0 Å². The van der Waals surface area contributed by atoms with Crippen LogP contribution in [0.4, 0.5) is 13.2 Å². The molecule has 1 heterocycles. The Bertz CT molecular complexity index is 772. The second-order valence-corrected chi connectivity index (χ2v) is 6.64. The summed E-state index contributed by atoms with van der Waals surface area (Å²) in [5.41, 5.74) is 0.844. The predicted octanol–water partition coefficient (Wildman–Crippen LogP) is 3.50. The number of alkyl halides is 3. The number of carboxylic acid groups (broad SMARTS) is 1. The van der Waals surface area contributed by atoms with E-state index in [0.29, 0.717) is 31.7 Å². The van der Waals surface area contributed by atoms with Gasteiger partial charge in [0.1, 0.15) is 0 Å². The second-order valence-electron chi connectivity index (χ2n) is 6.64. The van der Waals surface area contributed by atoms with Crippen LogP contribution in [0.1, 0.15) is 22.7 Å². The molecule has 1 aliphatic rings. The molecule has 3 rings (SSSR count). The van der Waals surface area contributed by atoms with Crippen LogP contribution < -0.4 is 0 Å². The Labute approximate surface area is 155 Å². The molecule has 27 heavy (non-hydrogen) atoms. The Hall–Kier alpha value is -2.38. The van der Waals surface area contributed by atoms with Gasteiger partial charge >= 0.3 is 12.1 Å². The Morgan fingerprint density at radius 3 is 2.19 bits per heavy atom. The maximum Gasteiger partial charge on any atom is 0.416 e. The van der Waals surface area contributed by atoms with Crippen LogP contribution in [0, 0.1) is 0 Å². The molecule has 0 aliphatic carbocycles. The van der Waals surface area contributed by atoms with Crippen LogP contribution in [0.25, 0.3) is 0 Å². The number of aliphatic carboxylic acids is 1. The number of carboxylic acids is 1. The maximum atomic E-state index is 13.2. The van der Waals surface area contributed by atoms with E-state index in [4.69, 9.17) is 5.11 Å². The molecule has 7 heteroatoms. The number of piperazine rings is 1. The van der Waals surface area contributed by atoms with Crippen LogP contribution in [0.5, 0.6) is 0 Å². The van der Waals surface area contributed by atoms with Crippen molar-refractivity contribution in [2.75, 3.05) is 32.7 Å². The van der Waals surface area contributed by atoms with Crippen molar-refractivity contribution in [1.82, 2.24) is 9.80 Å². The number of hydrogen-bond acceptors (Lipinski definition) is 3. The number of rotatable bonds is 5. The van der Waals surface area contributed by atoms with Crippen LogP contribution >= 0.6 is 0 Å². The van der Waals surface area contributed by atoms with Gasteiger partial charge in [0, 0.05) is 26.2 Å². The summed E-state index contributed by atoms with van der Waals surface area (Å²) in [7, 11) is 0. The van der Waals surface area contributed by atoms with E-state index < -0.39 is 17.7 Å². The first-order chi connectivity index (χ1) is 12.8. The zero-order valence-electron chi connectivity index (χ0n) is 14.7. The molecule has 1 atom stereocenters. The molecule has 4 nitrogen and oxygen atoms in total. The Balaban J connectivity index is 1.89. The van der Waals surface area contributed by atoms with Gasteiger partial charge in [-0.2, -0.15) is 13.2 Å². The molecule has 2 aromatic rings. The highest BCUT2D eigenvalue weighted by Gasteiger charge is 2.32. The summed E-state index contributed by atoms with van der Waals surface area (Å²) < 4.78 is 39.5. The van der Waals surface area contributed by atoms with Crippen LogP contribution in [0.15, 0.2) is 54.6 Å². The zero-order chi connectivity index (χ0) is 19.4. The number of benzene rings is 2. The van der Waals surface area contributed by atoms with Crippen molar-refractivity contribution in [2.24, 2.45) is 0 Å². The molecule has 0 radical (unpaired) electrons. The Morgan fingerprint density at radius 1 is 0.963 bits per heavy atom. The molecule has 0 bridgehead atoms. The first kappa shape index (κ1) is 19.4. The summed E-state index contributed by atoms with van der Waals surface area (Å²) in [6, 6.07) is 14.6. The van der Waals surface area contributed by atoms with Gasteiger partial charge in [0.25, 0.3) is 0 Å². The van der Waals surface area contributed by atoms with Crippen LogP contribution in [-0.2, 0) is 11.0 Å². The summed E-state index contributed by atoms with van der Waals surface area (Å²) >= 11 is 0. The largest absolute Gasteiger partial charge is 0.480 e. The van der Waals surface area contributed by atoms with Gasteiger partial charge < -0.3 is 5.11 Å². The van der Waals surface area contributed by atoms with Crippen molar-refractivity contribution in [3.63, 3.8) is 0 Å². The fourth-order valence-corrected chi connectivity index (χ4v) is 3.51. The van der Waals surface area contributed by atoms with Crippen molar-refractivity contribution in [2.45, 2.75) is 12.2 Å². The average molecular weight is 378 g/mol. The highest BCUT2D eigenvalue weighted by Crippen LogP contribution is 2.34. The molecule has 0 saturated carbocycles. The summed E-state index contributed by atoms with van der Waals surface area (Å²) in [5.74, 6) is -0.874. The minimum atomic E-state index is -4.39. The van der Waals surface area contributed by atoms with E-state index in [1.54, 1.807) is 6.07 Å². The Kier molecular flexibility index (Phi) is 5.82. The van der Waals surface area contributed by atoms with Gasteiger partial charge in [-0.25, -0.2) is 0 Å². The standard InChI is InChI=1S/C20H21F3N2O2/c21-20(22,23)17-8-4-7-16(13-17)19(15-5-2-1-3-6-15)25-11-9-24(10-12-25)14-18(26)27/h1-8,13,19H,9-12,14H2,(H,26,27)/t19-/m1/s1. The van der Waals surface area contributed by atoms with E-state index in [2.05, 4.69) is 4.90 Å². The van der Waals surface area contributed by atoms with Crippen molar-refractivity contribution in [3.05, 3.63) is 71.3 Å². The van der Waals surface area contributed by atoms with E-state index in [0.717, 1.165) is 11.6 Å². The minimum absolute atomic E-state index is 0.0204. The lowest BCUT2D eigenvalue weighted by molar-refractivity contribution is -0.139. The van der Waals surface area contributed by atoms with Crippen LogP contribution in [-0.4, -0.2) is 53.6 Å². The molecule has 0 aromatic heterocycles. The fourth-order valence-electron chi connectivity index (χ4n) is 3.51. The lowest BCUT2D eigenvalue weighted by Crippen LogP contribution is -2.49.